The van der Waals surface area contributed by atoms with Gasteiger partial charge in [0, 0.05) is 11.3 Å². The first-order chi connectivity index (χ1) is 17.7. The van der Waals surface area contributed by atoms with E-state index >= 15 is 0 Å². The van der Waals surface area contributed by atoms with Crippen LogP contribution < -0.4 is 14.4 Å². The molecule has 192 valence electrons. The number of halogens is 3. The molecule has 0 radical (unpaired) electrons. The summed E-state index contributed by atoms with van der Waals surface area (Å²) < 4.78 is 51.0. The third-order valence-electron chi connectivity index (χ3n) is 5.93. The van der Waals surface area contributed by atoms with E-state index in [1.165, 1.54) is 13.2 Å². The minimum absolute atomic E-state index is 0.125. The molecule has 4 rings (SSSR count). The van der Waals surface area contributed by atoms with Gasteiger partial charge in [0.2, 0.25) is 0 Å². The lowest BCUT2D eigenvalue weighted by molar-refractivity contribution is -0.137. The summed E-state index contributed by atoms with van der Waals surface area (Å²) in [5, 5.41) is 11.2. The number of alkyl halides is 3. The molecule has 1 amide bonds. The summed E-state index contributed by atoms with van der Waals surface area (Å²) in [6.07, 6.45) is -3.84. The van der Waals surface area contributed by atoms with E-state index < -0.39 is 35.2 Å². The maximum absolute atomic E-state index is 13.4. The average Bonchev–Trinajstić information content (AvgIpc) is 3.17. The van der Waals surface area contributed by atoms with Gasteiger partial charge < -0.3 is 14.6 Å². The number of hydrogen-bond donors (Lipinski definition) is 1. The number of aliphatic hydroxyl groups excluding tert-OH is 1. The van der Waals surface area contributed by atoms with Crippen molar-refractivity contribution in [1.29, 1.82) is 0 Å². The van der Waals surface area contributed by atoms with Crippen molar-refractivity contribution < 1.29 is 37.3 Å². The summed E-state index contributed by atoms with van der Waals surface area (Å²) in [5.41, 5.74) is -0.677. The first-order valence-electron chi connectivity index (χ1n) is 11.5. The van der Waals surface area contributed by atoms with Gasteiger partial charge in [-0.05, 0) is 66.6 Å². The Bertz CT molecular complexity index is 1330. The number of carbonyl (C=O) groups is 2. The van der Waals surface area contributed by atoms with Gasteiger partial charge in [-0.25, -0.2) is 0 Å². The third kappa shape index (κ3) is 5.16. The number of benzene rings is 3. The molecule has 1 fully saturated rings. The van der Waals surface area contributed by atoms with Crippen molar-refractivity contribution in [2.24, 2.45) is 0 Å². The van der Waals surface area contributed by atoms with Crippen LogP contribution in [0.25, 0.3) is 5.76 Å². The minimum atomic E-state index is -4.65. The van der Waals surface area contributed by atoms with Crippen molar-refractivity contribution >= 4 is 23.1 Å². The van der Waals surface area contributed by atoms with Gasteiger partial charge in [0.05, 0.1) is 30.9 Å². The maximum Gasteiger partial charge on any atom is 0.416 e. The number of nitrogens with zero attached hydrogens (tertiary/aromatic N) is 1. The lowest BCUT2D eigenvalue weighted by Crippen LogP contribution is -2.29. The summed E-state index contributed by atoms with van der Waals surface area (Å²) in [7, 11) is 1.47. The molecule has 1 saturated heterocycles. The SMILES string of the molecule is CCCOc1ccc(/C(O)=C2\C(=O)C(=O)N(c3cccc(C(F)(F)F)c3)C2c2ccc(OC)cc2)cc1. The Kier molecular flexibility index (Phi) is 7.24. The maximum atomic E-state index is 13.4. The Hall–Kier alpha value is -4.27. The topological polar surface area (TPSA) is 76.1 Å². The number of methoxy groups -OCH3 is 1. The van der Waals surface area contributed by atoms with Crippen molar-refractivity contribution in [3.05, 3.63) is 95.1 Å². The van der Waals surface area contributed by atoms with Crippen molar-refractivity contribution in [3.63, 3.8) is 0 Å². The van der Waals surface area contributed by atoms with Crippen LogP contribution in [0, 0.1) is 0 Å². The Morgan fingerprint density at radius 1 is 0.973 bits per heavy atom. The standard InChI is InChI=1S/C28H24F3NO5/c1-3-15-37-22-13-9-18(10-14-22)25(33)23-24(17-7-11-21(36-2)12-8-17)32(27(35)26(23)34)20-6-4-5-19(16-20)28(29,30)31/h4-14,16,24,33H,3,15H2,1-2H3/b25-23+. The van der Waals surface area contributed by atoms with E-state index in [4.69, 9.17) is 9.47 Å². The van der Waals surface area contributed by atoms with Crippen LogP contribution in [0.4, 0.5) is 18.9 Å². The largest absolute Gasteiger partial charge is 0.507 e. The van der Waals surface area contributed by atoms with Crippen molar-refractivity contribution in [3.8, 4) is 11.5 Å². The number of anilines is 1. The average molecular weight is 511 g/mol. The monoisotopic (exact) mass is 511 g/mol. The Morgan fingerprint density at radius 3 is 2.22 bits per heavy atom. The van der Waals surface area contributed by atoms with Crippen LogP contribution >= 0.6 is 0 Å². The zero-order valence-electron chi connectivity index (χ0n) is 20.1. The second-order valence-corrected chi connectivity index (χ2v) is 8.36. The van der Waals surface area contributed by atoms with Gasteiger partial charge in [-0.15, -0.1) is 0 Å². The molecule has 0 aromatic heterocycles. The van der Waals surface area contributed by atoms with Crippen LogP contribution in [0.2, 0.25) is 0 Å². The van der Waals surface area contributed by atoms with Gasteiger partial charge in [-0.1, -0.05) is 25.1 Å². The smallest absolute Gasteiger partial charge is 0.416 e. The first kappa shape index (κ1) is 25.8. The number of aliphatic hydroxyl groups is 1. The van der Waals surface area contributed by atoms with Crippen LogP contribution in [0.15, 0.2) is 78.4 Å². The minimum Gasteiger partial charge on any atom is -0.507 e. The summed E-state index contributed by atoms with van der Waals surface area (Å²) >= 11 is 0. The predicted octanol–water partition coefficient (Wildman–Crippen LogP) is 6.13. The Balaban J connectivity index is 1.86. The van der Waals surface area contributed by atoms with Gasteiger partial charge in [0.1, 0.15) is 17.3 Å². The molecule has 1 aliphatic heterocycles. The highest BCUT2D eigenvalue weighted by Crippen LogP contribution is 2.43. The van der Waals surface area contributed by atoms with Gasteiger partial charge in [-0.2, -0.15) is 13.2 Å². The molecular formula is C28H24F3NO5. The zero-order valence-corrected chi connectivity index (χ0v) is 20.1. The van der Waals surface area contributed by atoms with E-state index in [0.29, 0.717) is 23.7 Å². The molecule has 3 aromatic carbocycles. The third-order valence-corrected chi connectivity index (χ3v) is 5.93. The molecule has 0 saturated carbocycles. The Labute approximate surface area is 211 Å². The highest BCUT2D eigenvalue weighted by Gasteiger charge is 2.47. The van der Waals surface area contributed by atoms with E-state index in [0.717, 1.165) is 29.5 Å². The molecule has 0 aliphatic carbocycles. The fraction of sp³-hybridized carbons (Fsp3) is 0.214. The van der Waals surface area contributed by atoms with Crippen LogP contribution in [0.3, 0.4) is 0 Å². The van der Waals surface area contributed by atoms with Crippen molar-refractivity contribution in [1.82, 2.24) is 0 Å². The van der Waals surface area contributed by atoms with Gasteiger partial charge in [0.15, 0.2) is 0 Å². The number of carbonyl (C=O) groups excluding carboxylic acids is 2. The molecule has 0 spiro atoms. The van der Waals surface area contributed by atoms with E-state index in [-0.39, 0.29) is 16.8 Å². The highest BCUT2D eigenvalue weighted by atomic mass is 19.4. The molecule has 9 heteroatoms. The van der Waals surface area contributed by atoms with Crippen molar-refractivity contribution in [2.75, 3.05) is 18.6 Å². The summed E-state index contributed by atoms with van der Waals surface area (Å²) in [5.74, 6) is -1.45. The van der Waals surface area contributed by atoms with Gasteiger partial charge in [0.25, 0.3) is 11.7 Å². The van der Waals surface area contributed by atoms with E-state index in [9.17, 15) is 27.9 Å². The number of Topliss-reactive ketones (excluding diaryl/α,β-unsaturated/α-hetero) is 1. The predicted molar refractivity (Wildman–Crippen MR) is 131 cm³/mol. The fourth-order valence-corrected chi connectivity index (χ4v) is 4.12. The van der Waals surface area contributed by atoms with Crippen LogP contribution in [0.1, 0.15) is 36.1 Å². The molecule has 1 N–H and O–H groups in total. The lowest BCUT2D eigenvalue weighted by atomic mass is 9.95. The summed E-state index contributed by atoms with van der Waals surface area (Å²) in [4.78, 5) is 27.4. The molecule has 1 aliphatic rings. The molecule has 37 heavy (non-hydrogen) atoms. The molecular weight excluding hydrogens is 487 g/mol. The molecule has 1 unspecified atom stereocenters. The molecule has 6 nitrogen and oxygen atoms in total. The number of hydrogen-bond acceptors (Lipinski definition) is 5. The number of rotatable bonds is 7. The van der Waals surface area contributed by atoms with Crippen LogP contribution in [-0.2, 0) is 15.8 Å². The lowest BCUT2D eigenvalue weighted by Gasteiger charge is -2.26. The van der Waals surface area contributed by atoms with E-state index in [2.05, 4.69) is 0 Å². The number of ether oxygens (including phenoxy) is 2. The van der Waals surface area contributed by atoms with Crippen molar-refractivity contribution in [2.45, 2.75) is 25.6 Å². The quantitative estimate of drug-likeness (QED) is 0.235. The summed E-state index contributed by atoms with van der Waals surface area (Å²) in [6.45, 7) is 2.47. The fourth-order valence-electron chi connectivity index (χ4n) is 4.12. The number of amides is 1. The number of ketones is 1. The first-order valence-corrected chi connectivity index (χ1v) is 11.5. The molecule has 0 bridgehead atoms. The second kappa shape index (κ2) is 10.4. The molecule has 3 aromatic rings. The normalized spacial score (nSPS) is 17.2. The highest BCUT2D eigenvalue weighted by molar-refractivity contribution is 6.51. The van der Waals surface area contributed by atoms with E-state index in [1.54, 1.807) is 48.5 Å². The van der Waals surface area contributed by atoms with Gasteiger partial charge in [-0.3, -0.25) is 14.5 Å². The molecule has 1 heterocycles. The van der Waals surface area contributed by atoms with Crippen LogP contribution in [0.5, 0.6) is 11.5 Å². The zero-order chi connectivity index (χ0) is 26.7. The second-order valence-electron chi connectivity index (χ2n) is 8.36. The van der Waals surface area contributed by atoms with E-state index in [1.807, 2.05) is 6.92 Å². The van der Waals surface area contributed by atoms with Crippen LogP contribution in [-0.4, -0.2) is 30.5 Å². The summed E-state index contributed by atoms with van der Waals surface area (Å²) in [6, 6.07) is 15.7. The molecule has 1 atom stereocenters. The van der Waals surface area contributed by atoms with Gasteiger partial charge >= 0.3 is 6.18 Å². The Morgan fingerprint density at radius 2 is 1.62 bits per heavy atom.